The summed E-state index contributed by atoms with van der Waals surface area (Å²) in [6.45, 7) is 9.52. The maximum absolute atomic E-state index is 12.1. The molecule has 19 heavy (non-hydrogen) atoms. The second kappa shape index (κ2) is 6.17. The maximum atomic E-state index is 12.1. The molecule has 1 heterocycles. The average Bonchev–Trinajstić information content (AvgIpc) is 2.37. The molecule has 1 amide bonds. The standard InChI is InChI=1S/C15H23N3O/c1-11-4-5-12(2)14(8-11)17-15(19)10-18-7-6-16-9-13(18)3/h4-5,8,13,16H,6-7,9-10H2,1-3H3,(H,17,19)/t13-/m0/s1. The van der Waals surface area contributed by atoms with Crippen molar-refractivity contribution in [2.24, 2.45) is 0 Å². The Morgan fingerprint density at radius 1 is 1.47 bits per heavy atom. The summed E-state index contributed by atoms with van der Waals surface area (Å²) >= 11 is 0. The van der Waals surface area contributed by atoms with Crippen LogP contribution in [-0.2, 0) is 4.79 Å². The van der Waals surface area contributed by atoms with Crippen LogP contribution in [0.25, 0.3) is 0 Å². The number of aryl methyl sites for hydroxylation is 2. The van der Waals surface area contributed by atoms with Crippen molar-refractivity contribution in [2.75, 3.05) is 31.5 Å². The molecular weight excluding hydrogens is 238 g/mol. The van der Waals surface area contributed by atoms with Gasteiger partial charge in [0.25, 0.3) is 0 Å². The number of anilines is 1. The van der Waals surface area contributed by atoms with Crippen molar-refractivity contribution in [1.82, 2.24) is 10.2 Å². The highest BCUT2D eigenvalue weighted by Crippen LogP contribution is 2.16. The summed E-state index contributed by atoms with van der Waals surface area (Å²) < 4.78 is 0. The van der Waals surface area contributed by atoms with Crippen molar-refractivity contribution in [3.8, 4) is 0 Å². The smallest absolute Gasteiger partial charge is 0.238 e. The number of carbonyl (C=O) groups excluding carboxylic acids is 1. The minimum absolute atomic E-state index is 0.0717. The van der Waals surface area contributed by atoms with Crippen LogP contribution in [0.2, 0.25) is 0 Å². The Bertz CT molecular complexity index is 459. The molecule has 1 saturated heterocycles. The van der Waals surface area contributed by atoms with E-state index >= 15 is 0 Å². The van der Waals surface area contributed by atoms with Gasteiger partial charge in [-0.25, -0.2) is 0 Å². The van der Waals surface area contributed by atoms with Gasteiger partial charge in [-0.3, -0.25) is 9.69 Å². The number of hydrogen-bond donors (Lipinski definition) is 2. The Morgan fingerprint density at radius 3 is 3.00 bits per heavy atom. The van der Waals surface area contributed by atoms with Gasteiger partial charge in [0.2, 0.25) is 5.91 Å². The summed E-state index contributed by atoms with van der Waals surface area (Å²) in [5, 5.41) is 6.35. The molecule has 0 unspecified atom stereocenters. The second-order valence-electron chi connectivity index (χ2n) is 5.39. The predicted octanol–water partition coefficient (Wildman–Crippen LogP) is 1.54. The van der Waals surface area contributed by atoms with Crippen LogP contribution in [0, 0.1) is 13.8 Å². The SMILES string of the molecule is Cc1ccc(C)c(NC(=O)CN2CCNC[C@@H]2C)c1. The third kappa shape index (κ3) is 3.78. The molecule has 1 aliphatic heterocycles. The molecule has 104 valence electrons. The van der Waals surface area contributed by atoms with Gasteiger partial charge in [0.1, 0.15) is 0 Å². The lowest BCUT2D eigenvalue weighted by Gasteiger charge is -2.33. The topological polar surface area (TPSA) is 44.4 Å². The van der Waals surface area contributed by atoms with E-state index in [1.54, 1.807) is 0 Å². The van der Waals surface area contributed by atoms with Crippen molar-refractivity contribution >= 4 is 11.6 Å². The number of amides is 1. The molecule has 0 radical (unpaired) electrons. The first-order chi connectivity index (χ1) is 9.06. The molecule has 4 nitrogen and oxygen atoms in total. The van der Waals surface area contributed by atoms with E-state index in [2.05, 4.69) is 28.5 Å². The summed E-state index contributed by atoms with van der Waals surface area (Å²) in [6.07, 6.45) is 0. The molecule has 1 aromatic rings. The van der Waals surface area contributed by atoms with Gasteiger partial charge in [0.05, 0.1) is 6.54 Å². The van der Waals surface area contributed by atoms with Crippen LogP contribution in [0.5, 0.6) is 0 Å². The Balaban J connectivity index is 1.95. The van der Waals surface area contributed by atoms with Gasteiger partial charge in [0.15, 0.2) is 0 Å². The number of hydrogen-bond acceptors (Lipinski definition) is 3. The maximum Gasteiger partial charge on any atom is 0.238 e. The zero-order valence-electron chi connectivity index (χ0n) is 12.0. The van der Waals surface area contributed by atoms with Crippen molar-refractivity contribution in [3.05, 3.63) is 29.3 Å². The van der Waals surface area contributed by atoms with Crippen LogP contribution in [0.4, 0.5) is 5.69 Å². The van der Waals surface area contributed by atoms with Crippen LogP contribution < -0.4 is 10.6 Å². The predicted molar refractivity (Wildman–Crippen MR) is 78.5 cm³/mol. The van der Waals surface area contributed by atoms with E-state index in [0.717, 1.165) is 36.4 Å². The van der Waals surface area contributed by atoms with Crippen molar-refractivity contribution in [3.63, 3.8) is 0 Å². The Morgan fingerprint density at radius 2 is 2.26 bits per heavy atom. The van der Waals surface area contributed by atoms with Crippen LogP contribution in [-0.4, -0.2) is 43.0 Å². The summed E-state index contributed by atoms with van der Waals surface area (Å²) in [5.41, 5.74) is 3.19. The first-order valence-electron chi connectivity index (χ1n) is 6.88. The molecule has 4 heteroatoms. The molecular formula is C15H23N3O. The highest BCUT2D eigenvalue weighted by atomic mass is 16.2. The lowest BCUT2D eigenvalue weighted by atomic mass is 10.1. The van der Waals surface area contributed by atoms with Crippen molar-refractivity contribution in [1.29, 1.82) is 0 Å². The van der Waals surface area contributed by atoms with E-state index in [9.17, 15) is 4.79 Å². The minimum atomic E-state index is 0.0717. The number of rotatable bonds is 3. The Kier molecular flexibility index (Phi) is 4.56. The van der Waals surface area contributed by atoms with Gasteiger partial charge >= 0.3 is 0 Å². The van der Waals surface area contributed by atoms with Gasteiger partial charge in [-0.05, 0) is 38.0 Å². The number of carbonyl (C=O) groups is 1. The van der Waals surface area contributed by atoms with E-state index in [1.165, 1.54) is 0 Å². The molecule has 0 spiro atoms. The number of nitrogens with one attached hydrogen (secondary N) is 2. The second-order valence-corrected chi connectivity index (χ2v) is 5.39. The van der Waals surface area contributed by atoms with E-state index in [0.29, 0.717) is 12.6 Å². The summed E-state index contributed by atoms with van der Waals surface area (Å²) in [5.74, 6) is 0.0717. The quantitative estimate of drug-likeness (QED) is 0.867. The molecule has 1 aromatic carbocycles. The van der Waals surface area contributed by atoms with E-state index in [4.69, 9.17) is 0 Å². The minimum Gasteiger partial charge on any atom is -0.325 e. The zero-order chi connectivity index (χ0) is 13.8. The van der Waals surface area contributed by atoms with Crippen LogP contribution in [0.1, 0.15) is 18.1 Å². The third-order valence-electron chi connectivity index (χ3n) is 3.65. The molecule has 0 bridgehead atoms. The normalized spacial score (nSPS) is 20.3. The van der Waals surface area contributed by atoms with Crippen molar-refractivity contribution in [2.45, 2.75) is 26.8 Å². The molecule has 2 rings (SSSR count). The van der Waals surface area contributed by atoms with Crippen LogP contribution in [0.3, 0.4) is 0 Å². The van der Waals surface area contributed by atoms with Crippen molar-refractivity contribution < 1.29 is 4.79 Å². The van der Waals surface area contributed by atoms with Gasteiger partial charge in [-0.15, -0.1) is 0 Å². The third-order valence-corrected chi connectivity index (χ3v) is 3.65. The van der Waals surface area contributed by atoms with Gasteiger partial charge in [-0.2, -0.15) is 0 Å². The highest BCUT2D eigenvalue weighted by Gasteiger charge is 2.20. The van der Waals surface area contributed by atoms with E-state index < -0.39 is 0 Å². The Hall–Kier alpha value is -1.39. The van der Waals surface area contributed by atoms with Gasteiger partial charge in [-0.1, -0.05) is 12.1 Å². The lowest BCUT2D eigenvalue weighted by Crippen LogP contribution is -2.52. The summed E-state index contributed by atoms with van der Waals surface area (Å²) in [7, 11) is 0. The summed E-state index contributed by atoms with van der Waals surface area (Å²) in [6, 6.07) is 6.54. The highest BCUT2D eigenvalue weighted by molar-refractivity contribution is 5.93. The fraction of sp³-hybridized carbons (Fsp3) is 0.533. The van der Waals surface area contributed by atoms with E-state index in [-0.39, 0.29) is 5.91 Å². The molecule has 1 atom stereocenters. The molecule has 0 aromatic heterocycles. The van der Waals surface area contributed by atoms with Gasteiger partial charge in [0, 0.05) is 31.4 Å². The van der Waals surface area contributed by atoms with Crippen LogP contribution in [0.15, 0.2) is 18.2 Å². The molecule has 2 N–H and O–H groups in total. The average molecular weight is 261 g/mol. The fourth-order valence-corrected chi connectivity index (χ4v) is 2.36. The zero-order valence-corrected chi connectivity index (χ0v) is 12.0. The molecule has 0 aliphatic carbocycles. The monoisotopic (exact) mass is 261 g/mol. The number of nitrogens with zero attached hydrogens (tertiary/aromatic N) is 1. The van der Waals surface area contributed by atoms with E-state index in [1.807, 2.05) is 26.0 Å². The molecule has 0 saturated carbocycles. The first kappa shape index (κ1) is 14.0. The largest absolute Gasteiger partial charge is 0.325 e. The Labute approximate surface area is 115 Å². The summed E-state index contributed by atoms with van der Waals surface area (Å²) in [4.78, 5) is 14.3. The van der Waals surface area contributed by atoms with Crippen LogP contribution >= 0.6 is 0 Å². The number of benzene rings is 1. The molecule has 1 fully saturated rings. The number of piperazine rings is 1. The lowest BCUT2D eigenvalue weighted by molar-refractivity contribution is -0.118. The molecule has 1 aliphatic rings. The van der Waals surface area contributed by atoms with Gasteiger partial charge < -0.3 is 10.6 Å². The first-order valence-corrected chi connectivity index (χ1v) is 6.88. The fourth-order valence-electron chi connectivity index (χ4n) is 2.36.